The fourth-order valence-corrected chi connectivity index (χ4v) is 6.61. The van der Waals surface area contributed by atoms with Crippen LogP contribution in [-0.4, -0.2) is 59.6 Å². The molecule has 0 unspecified atom stereocenters. The fourth-order valence-electron chi connectivity index (χ4n) is 6.61. The summed E-state index contributed by atoms with van der Waals surface area (Å²) in [5.74, 6) is 0.117. The Balaban J connectivity index is 1.39. The molecule has 1 saturated heterocycles. The topological polar surface area (TPSA) is 109 Å². The second kappa shape index (κ2) is 13.1. The Bertz CT molecular complexity index is 1820. The van der Waals surface area contributed by atoms with Crippen molar-refractivity contribution in [2.24, 2.45) is 0 Å². The summed E-state index contributed by atoms with van der Waals surface area (Å²) < 4.78 is 6.26. The van der Waals surface area contributed by atoms with Gasteiger partial charge in [-0.3, -0.25) is 9.78 Å². The van der Waals surface area contributed by atoms with Crippen LogP contribution in [0.15, 0.2) is 73.4 Å². The zero-order valence-corrected chi connectivity index (χ0v) is 25.4. The molecule has 45 heavy (non-hydrogen) atoms. The quantitative estimate of drug-likeness (QED) is 0.258. The molecule has 4 heterocycles. The largest absolute Gasteiger partial charge is 0.476 e. The number of piperazine rings is 1. The van der Waals surface area contributed by atoms with Crippen LogP contribution in [0, 0.1) is 29.6 Å². The molecule has 0 bridgehead atoms. The Kier molecular flexibility index (Phi) is 8.61. The first-order chi connectivity index (χ1) is 22.0. The molecule has 1 fully saturated rings. The van der Waals surface area contributed by atoms with Crippen molar-refractivity contribution in [3.8, 4) is 18.0 Å². The van der Waals surface area contributed by atoms with Crippen molar-refractivity contribution in [2.45, 2.75) is 38.8 Å². The van der Waals surface area contributed by atoms with E-state index in [1.165, 1.54) is 22.4 Å². The predicted molar refractivity (Wildman–Crippen MR) is 174 cm³/mol. The molecule has 2 aliphatic heterocycles. The van der Waals surface area contributed by atoms with Crippen LogP contribution in [0.5, 0.6) is 5.88 Å². The number of benzene rings is 2. The smallest absolute Gasteiger partial charge is 0.246 e. The molecule has 0 aliphatic carbocycles. The van der Waals surface area contributed by atoms with Crippen LogP contribution in [0.1, 0.15) is 34.5 Å². The van der Waals surface area contributed by atoms with E-state index < -0.39 is 0 Å². The summed E-state index contributed by atoms with van der Waals surface area (Å²) in [5.41, 5.74) is 6.37. The molecule has 4 aromatic rings. The minimum absolute atomic E-state index is 0.187. The third-order valence-electron chi connectivity index (χ3n) is 8.74. The number of nitriles is 2. The average Bonchev–Trinajstić information content (AvgIpc) is 3.07. The molecular formula is C36H35N7O2. The molecule has 1 amide bonds. The highest BCUT2D eigenvalue weighted by Gasteiger charge is 2.35. The predicted octanol–water partition coefficient (Wildman–Crippen LogP) is 5.11. The number of nitrogens with zero attached hydrogens (tertiary/aromatic N) is 7. The van der Waals surface area contributed by atoms with E-state index in [-0.39, 0.29) is 18.4 Å². The monoisotopic (exact) mass is 597 g/mol. The highest BCUT2D eigenvalue weighted by molar-refractivity contribution is 5.97. The summed E-state index contributed by atoms with van der Waals surface area (Å²) in [5, 5.41) is 22.5. The maximum atomic E-state index is 12.6. The molecule has 0 saturated carbocycles. The number of rotatable bonds is 8. The SMILES string of the molecule is C=CC(=O)N1CCN(c2c(C#N)c(OCCc3ccccn3)nc3c2CCN(c2cccc4cccc(C)c24)C3)C[C@@H]1CC#N. The van der Waals surface area contributed by atoms with Crippen LogP contribution < -0.4 is 14.5 Å². The van der Waals surface area contributed by atoms with Gasteiger partial charge in [-0.2, -0.15) is 10.5 Å². The number of ether oxygens (including phenoxy) is 1. The van der Waals surface area contributed by atoms with E-state index >= 15 is 0 Å². The van der Waals surface area contributed by atoms with Crippen LogP contribution in [0.3, 0.4) is 0 Å². The van der Waals surface area contributed by atoms with Gasteiger partial charge in [0.15, 0.2) is 0 Å². The number of amides is 1. The van der Waals surface area contributed by atoms with Gasteiger partial charge in [0.2, 0.25) is 11.8 Å². The molecule has 9 nitrogen and oxygen atoms in total. The van der Waals surface area contributed by atoms with Crippen molar-refractivity contribution in [1.29, 1.82) is 10.5 Å². The van der Waals surface area contributed by atoms with Gasteiger partial charge in [-0.05, 0) is 48.6 Å². The average molecular weight is 598 g/mol. The van der Waals surface area contributed by atoms with Crippen molar-refractivity contribution in [3.05, 3.63) is 102 Å². The highest BCUT2D eigenvalue weighted by Crippen LogP contribution is 2.40. The second-order valence-electron chi connectivity index (χ2n) is 11.4. The normalized spacial score (nSPS) is 16.1. The third kappa shape index (κ3) is 5.90. The second-order valence-corrected chi connectivity index (χ2v) is 11.4. The molecule has 2 aromatic heterocycles. The lowest BCUT2D eigenvalue weighted by atomic mass is 9.95. The lowest BCUT2D eigenvalue weighted by molar-refractivity contribution is -0.128. The number of fused-ring (bicyclic) bond motifs is 2. The highest BCUT2D eigenvalue weighted by atomic mass is 16.5. The Labute approximate surface area is 263 Å². The summed E-state index contributed by atoms with van der Waals surface area (Å²) in [7, 11) is 0. The molecule has 6 rings (SSSR count). The van der Waals surface area contributed by atoms with Crippen LogP contribution in [-0.2, 0) is 24.2 Å². The van der Waals surface area contributed by atoms with Crippen molar-refractivity contribution in [1.82, 2.24) is 14.9 Å². The molecule has 1 atom stereocenters. The lowest BCUT2D eigenvalue weighted by Gasteiger charge is -2.43. The zero-order chi connectivity index (χ0) is 31.3. The van der Waals surface area contributed by atoms with E-state index in [4.69, 9.17) is 9.72 Å². The molecule has 0 radical (unpaired) electrons. The van der Waals surface area contributed by atoms with Crippen LogP contribution in [0.2, 0.25) is 0 Å². The lowest BCUT2D eigenvalue weighted by Crippen LogP contribution is -2.55. The number of aromatic nitrogens is 2. The molecule has 226 valence electrons. The van der Waals surface area contributed by atoms with E-state index in [9.17, 15) is 15.3 Å². The van der Waals surface area contributed by atoms with Gasteiger partial charge in [0, 0.05) is 61.1 Å². The number of carbonyl (C=O) groups excluding carboxylic acids is 1. The zero-order valence-electron chi connectivity index (χ0n) is 25.4. The number of carbonyl (C=O) groups is 1. The molecular weight excluding hydrogens is 562 g/mol. The van der Waals surface area contributed by atoms with Crippen LogP contribution in [0.4, 0.5) is 11.4 Å². The summed E-state index contributed by atoms with van der Waals surface area (Å²) in [6.07, 6.45) is 4.51. The van der Waals surface area contributed by atoms with Gasteiger partial charge in [-0.25, -0.2) is 4.98 Å². The number of hydrogen-bond acceptors (Lipinski definition) is 8. The van der Waals surface area contributed by atoms with Gasteiger partial charge in [0.05, 0.1) is 43.1 Å². The van der Waals surface area contributed by atoms with Crippen molar-refractivity contribution >= 4 is 28.1 Å². The van der Waals surface area contributed by atoms with E-state index in [0.29, 0.717) is 57.1 Å². The van der Waals surface area contributed by atoms with Gasteiger partial charge in [-0.1, -0.05) is 43.0 Å². The van der Waals surface area contributed by atoms with Gasteiger partial charge in [0.25, 0.3) is 0 Å². The molecule has 0 N–H and O–H groups in total. The van der Waals surface area contributed by atoms with Gasteiger partial charge in [0.1, 0.15) is 11.6 Å². The van der Waals surface area contributed by atoms with E-state index in [1.807, 2.05) is 18.2 Å². The maximum absolute atomic E-state index is 12.6. The van der Waals surface area contributed by atoms with E-state index in [2.05, 4.69) is 76.8 Å². The summed E-state index contributed by atoms with van der Waals surface area (Å²) >= 11 is 0. The van der Waals surface area contributed by atoms with E-state index in [1.54, 1.807) is 11.1 Å². The number of aryl methyl sites for hydroxylation is 1. The van der Waals surface area contributed by atoms with Crippen molar-refractivity contribution in [2.75, 3.05) is 42.6 Å². The maximum Gasteiger partial charge on any atom is 0.246 e. The first-order valence-electron chi connectivity index (χ1n) is 15.3. The summed E-state index contributed by atoms with van der Waals surface area (Å²) in [4.78, 5) is 28.2. The first kappa shape index (κ1) is 29.7. The van der Waals surface area contributed by atoms with Gasteiger partial charge in [-0.15, -0.1) is 0 Å². The molecule has 2 aromatic carbocycles. The summed E-state index contributed by atoms with van der Waals surface area (Å²) in [6.45, 7) is 8.81. The van der Waals surface area contributed by atoms with Crippen molar-refractivity contribution in [3.63, 3.8) is 0 Å². The molecule has 0 spiro atoms. The Hall–Kier alpha value is -5.41. The van der Waals surface area contributed by atoms with Crippen LogP contribution >= 0.6 is 0 Å². The fraction of sp³-hybridized carbons (Fsp3) is 0.306. The van der Waals surface area contributed by atoms with Crippen LogP contribution in [0.25, 0.3) is 10.8 Å². The Morgan fingerprint density at radius 1 is 1.09 bits per heavy atom. The Morgan fingerprint density at radius 3 is 2.69 bits per heavy atom. The van der Waals surface area contributed by atoms with Gasteiger partial charge >= 0.3 is 0 Å². The van der Waals surface area contributed by atoms with Crippen molar-refractivity contribution < 1.29 is 9.53 Å². The van der Waals surface area contributed by atoms with Gasteiger partial charge < -0.3 is 19.4 Å². The first-order valence-corrected chi connectivity index (χ1v) is 15.3. The Morgan fingerprint density at radius 2 is 1.93 bits per heavy atom. The molecule has 2 aliphatic rings. The standard InChI is InChI=1S/C36H35N7O2/c1-3-33(44)43-20-19-42(23-28(43)13-16-37)35-29-14-18-41(32-12-7-10-26-9-6-8-25(2)34(26)32)24-31(29)40-36(30(35)22-38)45-21-15-27-11-4-5-17-39-27/h3-12,17,28H,1,13-15,18-21,23-24H2,2H3/t28-/m0/s1. The summed E-state index contributed by atoms with van der Waals surface area (Å²) in [6, 6.07) is 22.8. The third-order valence-corrected chi connectivity index (χ3v) is 8.74. The molecule has 9 heteroatoms. The van der Waals surface area contributed by atoms with E-state index in [0.717, 1.165) is 34.9 Å². The number of hydrogen-bond donors (Lipinski definition) is 0. The minimum atomic E-state index is -0.322. The number of pyridine rings is 2. The number of anilines is 2. The minimum Gasteiger partial charge on any atom is -0.476 e.